The Hall–Kier alpha value is -2.87. The molecule has 0 unspecified atom stereocenters. The molecule has 8 heteroatoms. The van der Waals surface area contributed by atoms with Gasteiger partial charge in [0.2, 0.25) is 21.8 Å². The molecule has 3 N–H and O–H groups in total. The van der Waals surface area contributed by atoms with E-state index in [1.165, 1.54) is 24.3 Å². The van der Waals surface area contributed by atoms with E-state index in [9.17, 15) is 18.0 Å². The van der Waals surface area contributed by atoms with E-state index >= 15 is 0 Å². The number of carbonyl (C=O) groups is 2. The van der Waals surface area contributed by atoms with Gasteiger partial charge >= 0.3 is 0 Å². The van der Waals surface area contributed by atoms with Crippen molar-refractivity contribution < 1.29 is 18.0 Å². The Balaban J connectivity index is 2.18. The zero-order valence-corrected chi connectivity index (χ0v) is 17.2. The fourth-order valence-corrected chi connectivity index (χ4v) is 3.43. The summed E-state index contributed by atoms with van der Waals surface area (Å²) in [6.45, 7) is 5.82. The van der Waals surface area contributed by atoms with Crippen LogP contribution >= 0.6 is 0 Å². The maximum absolute atomic E-state index is 12.4. The highest BCUT2D eigenvalue weighted by atomic mass is 32.2. The van der Waals surface area contributed by atoms with Crippen molar-refractivity contribution in [3.63, 3.8) is 0 Å². The van der Waals surface area contributed by atoms with Crippen molar-refractivity contribution >= 4 is 33.2 Å². The fraction of sp³-hybridized carbons (Fsp3) is 0.300. The molecule has 2 aromatic carbocycles. The van der Waals surface area contributed by atoms with Crippen LogP contribution in [-0.4, -0.2) is 33.0 Å². The molecule has 0 atom stereocenters. The van der Waals surface area contributed by atoms with Crippen molar-refractivity contribution in [1.29, 1.82) is 0 Å². The average molecular weight is 404 g/mol. The molecular weight excluding hydrogens is 378 g/mol. The Kier molecular flexibility index (Phi) is 6.14. The molecular formula is C20H25N3O4S. The van der Waals surface area contributed by atoms with Crippen molar-refractivity contribution in [3.05, 3.63) is 59.7 Å². The number of sulfonamides is 1. The number of primary amides is 1. The van der Waals surface area contributed by atoms with Crippen LogP contribution in [0.15, 0.2) is 48.5 Å². The molecule has 0 aliphatic rings. The van der Waals surface area contributed by atoms with Gasteiger partial charge in [-0.2, -0.15) is 0 Å². The predicted molar refractivity (Wildman–Crippen MR) is 111 cm³/mol. The van der Waals surface area contributed by atoms with Gasteiger partial charge in [0.1, 0.15) is 6.54 Å². The molecule has 0 fully saturated rings. The monoisotopic (exact) mass is 403 g/mol. The smallest absolute Gasteiger partial charge is 0.248 e. The molecule has 0 saturated heterocycles. The molecule has 28 heavy (non-hydrogen) atoms. The quantitative estimate of drug-likeness (QED) is 0.772. The van der Waals surface area contributed by atoms with Crippen LogP contribution in [-0.2, 0) is 20.2 Å². The largest absolute Gasteiger partial charge is 0.366 e. The van der Waals surface area contributed by atoms with Crippen molar-refractivity contribution in [3.8, 4) is 0 Å². The van der Waals surface area contributed by atoms with E-state index in [0.717, 1.165) is 16.1 Å². The first-order valence-electron chi connectivity index (χ1n) is 8.66. The van der Waals surface area contributed by atoms with E-state index in [2.05, 4.69) is 26.1 Å². The third-order valence-corrected chi connectivity index (χ3v) is 5.30. The molecule has 2 rings (SSSR count). The highest BCUT2D eigenvalue weighted by Gasteiger charge is 2.22. The third-order valence-electron chi connectivity index (χ3n) is 4.16. The van der Waals surface area contributed by atoms with Gasteiger partial charge in [0.05, 0.1) is 11.9 Å². The van der Waals surface area contributed by atoms with Crippen LogP contribution in [0.2, 0.25) is 0 Å². The van der Waals surface area contributed by atoms with E-state index in [1.807, 2.05) is 12.1 Å². The molecule has 2 amide bonds. The van der Waals surface area contributed by atoms with Crippen LogP contribution in [0, 0.1) is 0 Å². The number of nitrogens with two attached hydrogens (primary N) is 1. The Morgan fingerprint density at radius 1 is 1.00 bits per heavy atom. The van der Waals surface area contributed by atoms with Gasteiger partial charge in [-0.3, -0.25) is 13.9 Å². The molecule has 0 aliphatic carbocycles. The summed E-state index contributed by atoms with van der Waals surface area (Å²) in [5.41, 5.74) is 7.34. The van der Waals surface area contributed by atoms with E-state index in [0.29, 0.717) is 16.9 Å². The minimum Gasteiger partial charge on any atom is -0.366 e. The molecule has 150 valence electrons. The standard InChI is InChI=1S/C20H25N3O4S/c1-20(2,3)15-7-11-17(12-8-15)23(28(4,26)27)13-18(24)22-16-9-5-14(6-10-16)19(21)25/h5-12H,13H2,1-4H3,(H2,21,25)(H,22,24). The van der Waals surface area contributed by atoms with Gasteiger partial charge < -0.3 is 11.1 Å². The second-order valence-corrected chi connectivity index (χ2v) is 9.46. The normalized spacial score (nSPS) is 11.7. The van der Waals surface area contributed by atoms with Crippen molar-refractivity contribution in [2.24, 2.45) is 5.73 Å². The number of nitrogens with zero attached hydrogens (tertiary/aromatic N) is 1. The molecule has 2 aromatic rings. The van der Waals surface area contributed by atoms with Gasteiger partial charge in [-0.1, -0.05) is 32.9 Å². The number of rotatable bonds is 6. The summed E-state index contributed by atoms with van der Waals surface area (Å²) >= 11 is 0. The van der Waals surface area contributed by atoms with E-state index in [1.54, 1.807) is 12.1 Å². The van der Waals surface area contributed by atoms with Crippen LogP contribution in [0.4, 0.5) is 11.4 Å². The highest BCUT2D eigenvalue weighted by Crippen LogP contribution is 2.26. The first kappa shape index (κ1) is 21.4. The zero-order valence-electron chi connectivity index (χ0n) is 16.4. The molecule has 0 heterocycles. The zero-order chi connectivity index (χ0) is 21.1. The molecule has 0 aromatic heterocycles. The minimum atomic E-state index is -3.66. The maximum Gasteiger partial charge on any atom is 0.248 e. The first-order valence-corrected chi connectivity index (χ1v) is 10.5. The van der Waals surface area contributed by atoms with Crippen LogP contribution in [0.5, 0.6) is 0 Å². The molecule has 7 nitrogen and oxygen atoms in total. The molecule has 0 aliphatic heterocycles. The number of hydrogen-bond acceptors (Lipinski definition) is 4. The Bertz CT molecular complexity index is 960. The Morgan fingerprint density at radius 3 is 1.96 bits per heavy atom. The van der Waals surface area contributed by atoms with Gasteiger partial charge in [0.15, 0.2) is 0 Å². The Labute approximate surface area is 165 Å². The van der Waals surface area contributed by atoms with Gasteiger partial charge in [0.25, 0.3) is 0 Å². The number of nitrogens with one attached hydrogen (secondary N) is 1. The molecule has 0 saturated carbocycles. The van der Waals surface area contributed by atoms with E-state index < -0.39 is 21.8 Å². The lowest BCUT2D eigenvalue weighted by atomic mass is 9.87. The topological polar surface area (TPSA) is 110 Å². The second kappa shape index (κ2) is 8.02. The van der Waals surface area contributed by atoms with Gasteiger partial charge in [-0.25, -0.2) is 8.42 Å². The lowest BCUT2D eigenvalue weighted by Gasteiger charge is -2.24. The summed E-state index contributed by atoms with van der Waals surface area (Å²) in [6, 6.07) is 13.1. The van der Waals surface area contributed by atoms with Crippen LogP contribution in [0.3, 0.4) is 0 Å². The second-order valence-electron chi connectivity index (χ2n) is 7.56. The molecule has 0 bridgehead atoms. The van der Waals surface area contributed by atoms with Crippen LogP contribution in [0.1, 0.15) is 36.7 Å². The van der Waals surface area contributed by atoms with Gasteiger partial charge in [-0.05, 0) is 47.4 Å². The van der Waals surface area contributed by atoms with E-state index in [4.69, 9.17) is 5.73 Å². The van der Waals surface area contributed by atoms with Gasteiger partial charge in [0, 0.05) is 11.3 Å². The molecule has 0 radical (unpaired) electrons. The minimum absolute atomic E-state index is 0.0666. The summed E-state index contributed by atoms with van der Waals surface area (Å²) in [5.74, 6) is -1.07. The van der Waals surface area contributed by atoms with Crippen LogP contribution in [0.25, 0.3) is 0 Å². The summed E-state index contributed by atoms with van der Waals surface area (Å²) in [5, 5.41) is 2.62. The molecule has 0 spiro atoms. The number of hydrogen-bond donors (Lipinski definition) is 2. The number of anilines is 2. The maximum atomic E-state index is 12.4. The van der Waals surface area contributed by atoms with Crippen molar-refractivity contribution in [2.75, 3.05) is 22.4 Å². The summed E-state index contributed by atoms with van der Waals surface area (Å²) in [7, 11) is -3.66. The Morgan fingerprint density at radius 2 is 1.54 bits per heavy atom. The number of amides is 2. The first-order chi connectivity index (χ1) is 12.9. The summed E-state index contributed by atoms with van der Waals surface area (Å²) < 4.78 is 25.5. The highest BCUT2D eigenvalue weighted by molar-refractivity contribution is 7.92. The SMILES string of the molecule is CC(C)(C)c1ccc(N(CC(=O)Nc2ccc(C(N)=O)cc2)S(C)(=O)=O)cc1. The van der Waals surface area contributed by atoms with E-state index in [-0.39, 0.29) is 12.0 Å². The average Bonchev–Trinajstić information content (AvgIpc) is 2.58. The number of benzene rings is 2. The lowest BCUT2D eigenvalue weighted by molar-refractivity contribution is -0.114. The fourth-order valence-electron chi connectivity index (χ4n) is 2.58. The predicted octanol–water partition coefficient (Wildman–Crippen LogP) is 2.49. The summed E-state index contributed by atoms with van der Waals surface area (Å²) in [6.07, 6.45) is 1.06. The van der Waals surface area contributed by atoms with Crippen molar-refractivity contribution in [1.82, 2.24) is 0 Å². The lowest BCUT2D eigenvalue weighted by Crippen LogP contribution is -2.37. The van der Waals surface area contributed by atoms with Crippen molar-refractivity contribution in [2.45, 2.75) is 26.2 Å². The van der Waals surface area contributed by atoms with Crippen LogP contribution < -0.4 is 15.4 Å². The summed E-state index contributed by atoms with van der Waals surface area (Å²) in [4.78, 5) is 23.5. The van der Waals surface area contributed by atoms with Gasteiger partial charge in [-0.15, -0.1) is 0 Å². The third kappa shape index (κ3) is 5.56. The number of carbonyl (C=O) groups excluding carboxylic acids is 2.